The molecule has 5 rings (SSSR count). The number of fused-ring (bicyclic) bond motifs is 3. The molecule has 0 unspecified atom stereocenters. The maximum atomic E-state index is 13.2. The second-order valence-electron chi connectivity index (χ2n) is 6.94. The fraction of sp³-hybridized carbons (Fsp3) is 0.130. The summed E-state index contributed by atoms with van der Waals surface area (Å²) in [5, 5.41) is 3.26. The molecular weight excluding hydrogens is 366 g/mol. The van der Waals surface area contributed by atoms with Crippen LogP contribution >= 0.6 is 0 Å². The van der Waals surface area contributed by atoms with E-state index in [2.05, 4.69) is 10.3 Å². The van der Waals surface area contributed by atoms with Gasteiger partial charge in [0.25, 0.3) is 0 Å². The van der Waals surface area contributed by atoms with Crippen molar-refractivity contribution in [3.8, 4) is 0 Å². The number of carbonyl (C=O) groups excluding carboxylic acids is 1. The lowest BCUT2D eigenvalue weighted by atomic mass is 10.00. The Morgan fingerprint density at radius 3 is 2.69 bits per heavy atom. The van der Waals surface area contributed by atoms with E-state index < -0.39 is 6.04 Å². The predicted octanol–water partition coefficient (Wildman–Crippen LogP) is 4.66. The maximum Gasteiger partial charge on any atom is 0.338 e. The number of rotatable bonds is 4. The Bertz CT molecular complexity index is 1210. The fourth-order valence-corrected chi connectivity index (χ4v) is 3.75. The van der Waals surface area contributed by atoms with Crippen molar-refractivity contribution in [1.82, 2.24) is 9.55 Å². The molecule has 6 nitrogen and oxygen atoms in total. The van der Waals surface area contributed by atoms with E-state index in [1.807, 2.05) is 78.2 Å². The monoisotopic (exact) mass is 385 g/mol. The zero-order chi connectivity index (χ0) is 19.8. The number of nitrogens with zero attached hydrogens (tertiary/aromatic N) is 2. The van der Waals surface area contributed by atoms with Gasteiger partial charge in [0.1, 0.15) is 18.4 Å². The molecule has 3 heterocycles. The number of furan rings is 1. The van der Waals surface area contributed by atoms with Gasteiger partial charge in [-0.05, 0) is 36.8 Å². The van der Waals surface area contributed by atoms with E-state index in [0.717, 1.165) is 16.6 Å². The number of anilines is 1. The highest BCUT2D eigenvalue weighted by Gasteiger charge is 2.36. The van der Waals surface area contributed by atoms with Crippen LogP contribution in [0.5, 0.6) is 0 Å². The molecule has 29 heavy (non-hydrogen) atoms. The van der Waals surface area contributed by atoms with Crippen molar-refractivity contribution in [2.24, 2.45) is 0 Å². The Labute approximate surface area is 167 Å². The molecule has 1 aliphatic heterocycles. The van der Waals surface area contributed by atoms with E-state index in [1.54, 1.807) is 6.26 Å². The van der Waals surface area contributed by atoms with Crippen molar-refractivity contribution in [1.29, 1.82) is 0 Å². The summed E-state index contributed by atoms with van der Waals surface area (Å²) in [6.45, 7) is 2.07. The number of esters is 1. The molecular formula is C23H19N3O3. The third-order valence-electron chi connectivity index (χ3n) is 5.08. The molecule has 0 radical (unpaired) electrons. The minimum atomic E-state index is -0.461. The summed E-state index contributed by atoms with van der Waals surface area (Å²) in [6, 6.07) is 20.7. The number of allylic oxidation sites excluding steroid dienone is 1. The number of aromatic nitrogens is 2. The van der Waals surface area contributed by atoms with Crippen molar-refractivity contribution >= 4 is 23.0 Å². The minimum absolute atomic E-state index is 0.207. The summed E-state index contributed by atoms with van der Waals surface area (Å²) in [5.74, 6) is 0.940. The van der Waals surface area contributed by atoms with Gasteiger partial charge in [-0.1, -0.05) is 42.5 Å². The van der Waals surface area contributed by atoms with Crippen LogP contribution in [0, 0.1) is 0 Å². The third-order valence-corrected chi connectivity index (χ3v) is 5.08. The number of nitrogens with one attached hydrogen (secondary N) is 1. The molecule has 4 aromatic rings. The number of para-hydroxylation sites is 2. The van der Waals surface area contributed by atoms with Crippen LogP contribution in [0.4, 0.5) is 5.95 Å². The summed E-state index contributed by atoms with van der Waals surface area (Å²) in [7, 11) is 0. The molecule has 0 saturated carbocycles. The number of carbonyl (C=O) groups is 1. The summed E-state index contributed by atoms with van der Waals surface area (Å²) >= 11 is 0. The Morgan fingerprint density at radius 2 is 1.90 bits per heavy atom. The Morgan fingerprint density at radius 1 is 1.10 bits per heavy atom. The SMILES string of the molecule is CC1=C(C(=O)OCc2ccccc2)[C@H](c2ccco2)n2c(nc3ccccc32)N1. The Hall–Kier alpha value is -3.80. The molecule has 1 N–H and O–H groups in total. The van der Waals surface area contributed by atoms with E-state index in [0.29, 0.717) is 23.0 Å². The summed E-state index contributed by atoms with van der Waals surface area (Å²) in [5.41, 5.74) is 3.90. The van der Waals surface area contributed by atoms with Gasteiger partial charge in [0.2, 0.25) is 5.95 Å². The molecule has 0 bridgehead atoms. The van der Waals surface area contributed by atoms with Gasteiger partial charge in [-0.2, -0.15) is 0 Å². The van der Waals surface area contributed by atoms with E-state index in [4.69, 9.17) is 9.15 Å². The molecule has 1 aliphatic rings. The number of hydrogen-bond donors (Lipinski definition) is 1. The van der Waals surface area contributed by atoms with Crippen LogP contribution < -0.4 is 5.32 Å². The van der Waals surface area contributed by atoms with Crippen LogP contribution in [0.2, 0.25) is 0 Å². The molecule has 144 valence electrons. The second kappa shape index (κ2) is 6.98. The van der Waals surface area contributed by atoms with Crippen molar-refractivity contribution < 1.29 is 13.9 Å². The molecule has 0 spiro atoms. The predicted molar refractivity (Wildman–Crippen MR) is 109 cm³/mol. The highest BCUT2D eigenvalue weighted by atomic mass is 16.5. The van der Waals surface area contributed by atoms with E-state index in [1.165, 1.54) is 0 Å². The fourth-order valence-electron chi connectivity index (χ4n) is 3.75. The van der Waals surface area contributed by atoms with Gasteiger partial charge in [-0.3, -0.25) is 4.57 Å². The first-order valence-corrected chi connectivity index (χ1v) is 9.41. The van der Waals surface area contributed by atoms with Gasteiger partial charge in [-0.25, -0.2) is 9.78 Å². The molecule has 6 heteroatoms. The number of hydrogen-bond acceptors (Lipinski definition) is 5. The maximum absolute atomic E-state index is 13.2. The van der Waals surface area contributed by atoms with E-state index in [9.17, 15) is 4.79 Å². The summed E-state index contributed by atoms with van der Waals surface area (Å²) in [6.07, 6.45) is 1.61. The van der Waals surface area contributed by atoms with Crippen LogP contribution in [-0.2, 0) is 16.1 Å². The second-order valence-corrected chi connectivity index (χ2v) is 6.94. The molecule has 0 fully saturated rings. The van der Waals surface area contributed by atoms with E-state index in [-0.39, 0.29) is 12.6 Å². The van der Waals surface area contributed by atoms with Crippen molar-refractivity contribution in [3.63, 3.8) is 0 Å². The van der Waals surface area contributed by atoms with Crippen LogP contribution in [0.15, 0.2) is 88.7 Å². The van der Waals surface area contributed by atoms with Gasteiger partial charge in [0, 0.05) is 5.70 Å². The third kappa shape index (κ3) is 2.99. The number of ether oxygens (including phenoxy) is 1. The summed E-state index contributed by atoms with van der Waals surface area (Å²) in [4.78, 5) is 17.8. The minimum Gasteiger partial charge on any atom is -0.467 e. The van der Waals surface area contributed by atoms with Crippen molar-refractivity contribution in [2.75, 3.05) is 5.32 Å². The first-order valence-electron chi connectivity index (χ1n) is 9.41. The standard InChI is InChI=1S/C23H19N3O3/c1-15-20(22(27)29-14-16-8-3-2-4-9-16)21(19-12-7-13-28-19)26-18-11-6-5-10-17(18)25-23(26)24-15/h2-13,21H,14H2,1H3,(H,24,25)/t21-/m0/s1. The van der Waals surface area contributed by atoms with Crippen molar-refractivity contribution in [3.05, 3.63) is 95.6 Å². The molecule has 0 saturated heterocycles. The lowest BCUT2D eigenvalue weighted by Gasteiger charge is -2.28. The average molecular weight is 385 g/mol. The first-order chi connectivity index (χ1) is 14.2. The molecule has 0 amide bonds. The quantitative estimate of drug-likeness (QED) is 0.518. The lowest BCUT2D eigenvalue weighted by Crippen LogP contribution is -2.28. The normalized spacial score (nSPS) is 15.8. The van der Waals surface area contributed by atoms with Gasteiger partial charge in [-0.15, -0.1) is 0 Å². The summed E-state index contributed by atoms with van der Waals surface area (Å²) < 4.78 is 13.4. The lowest BCUT2D eigenvalue weighted by molar-refractivity contribution is -0.140. The van der Waals surface area contributed by atoms with Gasteiger partial charge < -0.3 is 14.5 Å². The highest BCUT2D eigenvalue weighted by Crippen LogP contribution is 2.39. The Balaban J connectivity index is 1.57. The number of benzene rings is 2. The van der Waals surface area contributed by atoms with Gasteiger partial charge in [0.05, 0.1) is 22.9 Å². The van der Waals surface area contributed by atoms with Crippen LogP contribution in [0.1, 0.15) is 24.3 Å². The molecule has 0 aliphatic carbocycles. The highest BCUT2D eigenvalue weighted by molar-refractivity contribution is 5.93. The number of imidazole rings is 1. The zero-order valence-electron chi connectivity index (χ0n) is 15.8. The van der Waals surface area contributed by atoms with Crippen LogP contribution in [0.3, 0.4) is 0 Å². The Kier molecular flexibility index (Phi) is 4.17. The molecule has 2 aromatic heterocycles. The van der Waals surface area contributed by atoms with Crippen molar-refractivity contribution in [2.45, 2.75) is 19.6 Å². The van der Waals surface area contributed by atoms with Gasteiger partial charge >= 0.3 is 5.97 Å². The zero-order valence-corrected chi connectivity index (χ0v) is 15.8. The average Bonchev–Trinajstić information content (AvgIpc) is 3.39. The van der Waals surface area contributed by atoms with Gasteiger partial charge in [0.15, 0.2) is 0 Å². The molecule has 2 aromatic carbocycles. The largest absolute Gasteiger partial charge is 0.467 e. The van der Waals surface area contributed by atoms with Crippen LogP contribution in [-0.4, -0.2) is 15.5 Å². The van der Waals surface area contributed by atoms with E-state index >= 15 is 0 Å². The smallest absolute Gasteiger partial charge is 0.338 e. The van der Waals surface area contributed by atoms with Crippen LogP contribution in [0.25, 0.3) is 11.0 Å². The first kappa shape index (κ1) is 17.3. The molecule has 1 atom stereocenters. The topological polar surface area (TPSA) is 69.3 Å².